The molecule has 10 heteroatoms. The molecule has 1 saturated heterocycles. The second kappa shape index (κ2) is 12.4. The van der Waals surface area contributed by atoms with Gasteiger partial charge in [-0.2, -0.15) is 5.10 Å². The number of H-pyrrole nitrogens is 1. The number of ether oxygens (including phenoxy) is 1. The number of aryl methyl sites for hydroxylation is 2. The smallest absolute Gasteiger partial charge is 0.302 e. The van der Waals surface area contributed by atoms with Gasteiger partial charge in [-0.15, -0.1) is 0 Å². The van der Waals surface area contributed by atoms with E-state index in [1.807, 2.05) is 20.8 Å². The average molecular weight is 563 g/mol. The Morgan fingerprint density at radius 2 is 1.88 bits per heavy atom. The molecule has 3 aromatic rings. The van der Waals surface area contributed by atoms with Crippen molar-refractivity contribution in [2.24, 2.45) is 5.92 Å². The molecule has 0 bridgehead atoms. The molecule has 41 heavy (non-hydrogen) atoms. The van der Waals surface area contributed by atoms with Crippen LogP contribution in [0.15, 0.2) is 53.3 Å². The lowest BCUT2D eigenvalue weighted by Crippen LogP contribution is -2.48. The molecule has 1 aromatic heterocycles. The maximum absolute atomic E-state index is 14.1. The van der Waals surface area contributed by atoms with E-state index in [0.717, 1.165) is 11.1 Å². The van der Waals surface area contributed by atoms with Crippen LogP contribution in [-0.2, 0) is 20.7 Å². The second-order valence-electron chi connectivity index (χ2n) is 10.9. The average Bonchev–Trinajstić information content (AvgIpc) is 3.29. The van der Waals surface area contributed by atoms with Gasteiger partial charge in [-0.25, -0.2) is 9.49 Å². The van der Waals surface area contributed by atoms with Gasteiger partial charge >= 0.3 is 5.97 Å². The first-order valence-corrected chi connectivity index (χ1v) is 13.6. The number of benzene rings is 2. The molecular weight excluding hydrogens is 527 g/mol. The molecular formula is C31H35FN4O5. The Morgan fingerprint density at radius 1 is 1.12 bits per heavy atom. The summed E-state index contributed by atoms with van der Waals surface area (Å²) in [7, 11) is 0. The van der Waals surface area contributed by atoms with E-state index in [0.29, 0.717) is 35.2 Å². The normalized spacial score (nSPS) is 18.4. The summed E-state index contributed by atoms with van der Waals surface area (Å²) in [5.41, 5.74) is 3.71. The van der Waals surface area contributed by atoms with Crippen molar-refractivity contribution in [2.75, 3.05) is 6.54 Å². The Labute approximate surface area is 238 Å². The molecule has 0 spiro atoms. The Balaban J connectivity index is 1.51. The van der Waals surface area contributed by atoms with Gasteiger partial charge in [0.15, 0.2) is 0 Å². The Hall–Kier alpha value is -4.34. The minimum Gasteiger partial charge on any atom is -0.460 e. The third kappa shape index (κ3) is 6.87. The van der Waals surface area contributed by atoms with E-state index in [-0.39, 0.29) is 23.9 Å². The van der Waals surface area contributed by atoms with Gasteiger partial charge in [0.05, 0.1) is 24.3 Å². The molecule has 0 saturated carbocycles. The van der Waals surface area contributed by atoms with Crippen LogP contribution >= 0.6 is 0 Å². The standard InChI is InChI=1S/C31H35FN4O5/c1-17(2)29-27(41-20(5)37)15-26(22-7-6-8-25(32)14-22)36(29)28(38)16-33-30(39)23-10-9-21(18(3)11-23)13-24-12-19(4)34-35-31(24)40/h6-12,14,17,26-27,29H,13,15-16H2,1-5H3,(H,33,39)(H,35,40)/t26-,27+,29?/m0/s1. The van der Waals surface area contributed by atoms with E-state index in [4.69, 9.17) is 4.74 Å². The second-order valence-corrected chi connectivity index (χ2v) is 10.9. The summed E-state index contributed by atoms with van der Waals surface area (Å²) in [6, 6.07) is 12.0. The van der Waals surface area contributed by atoms with Crippen molar-refractivity contribution >= 4 is 17.8 Å². The van der Waals surface area contributed by atoms with Crippen LogP contribution in [0.5, 0.6) is 0 Å². The molecule has 1 fully saturated rings. The zero-order valence-corrected chi connectivity index (χ0v) is 23.9. The third-order valence-electron chi connectivity index (χ3n) is 7.41. The van der Waals surface area contributed by atoms with Gasteiger partial charge in [0.1, 0.15) is 11.9 Å². The number of aromatic nitrogens is 2. The fourth-order valence-corrected chi connectivity index (χ4v) is 5.57. The van der Waals surface area contributed by atoms with Crippen molar-refractivity contribution < 1.29 is 23.5 Å². The predicted octanol–water partition coefficient (Wildman–Crippen LogP) is 3.78. The molecule has 0 radical (unpaired) electrons. The van der Waals surface area contributed by atoms with E-state index in [1.54, 1.807) is 48.2 Å². The number of likely N-dealkylation sites (tertiary alicyclic amines) is 1. The molecule has 0 aliphatic carbocycles. The number of nitrogens with one attached hydrogen (secondary N) is 2. The first kappa shape index (κ1) is 29.6. The number of carbonyl (C=O) groups excluding carboxylic acids is 3. The van der Waals surface area contributed by atoms with Crippen LogP contribution in [-0.4, -0.2) is 51.6 Å². The van der Waals surface area contributed by atoms with Crippen LogP contribution in [0.25, 0.3) is 0 Å². The summed E-state index contributed by atoms with van der Waals surface area (Å²) in [6.45, 7) is 8.55. The highest BCUT2D eigenvalue weighted by molar-refractivity contribution is 5.96. The molecule has 4 rings (SSSR count). The summed E-state index contributed by atoms with van der Waals surface area (Å²) in [6.07, 6.45) is 0.153. The van der Waals surface area contributed by atoms with Gasteiger partial charge in [-0.1, -0.05) is 32.0 Å². The largest absolute Gasteiger partial charge is 0.460 e. The SMILES string of the molecule is CC(=O)O[C@@H]1C[C@@H](c2cccc(F)c2)N(C(=O)CNC(=O)c2ccc(Cc3cc(C)n[nH]c3=O)c(C)c2)C1C(C)C. The molecule has 9 nitrogen and oxygen atoms in total. The van der Waals surface area contributed by atoms with E-state index >= 15 is 0 Å². The van der Waals surface area contributed by atoms with Crippen molar-refractivity contribution in [3.8, 4) is 0 Å². The van der Waals surface area contributed by atoms with Crippen molar-refractivity contribution in [1.82, 2.24) is 20.4 Å². The van der Waals surface area contributed by atoms with Crippen molar-refractivity contribution in [2.45, 2.75) is 65.6 Å². The molecule has 1 unspecified atom stereocenters. The number of halogens is 1. The highest BCUT2D eigenvalue weighted by Gasteiger charge is 2.47. The minimum absolute atomic E-state index is 0.0656. The fourth-order valence-electron chi connectivity index (χ4n) is 5.57. The number of hydrogen-bond donors (Lipinski definition) is 2. The summed E-state index contributed by atoms with van der Waals surface area (Å²) < 4.78 is 19.7. The number of amides is 2. The monoisotopic (exact) mass is 562 g/mol. The quantitative estimate of drug-likeness (QED) is 0.403. The first-order chi connectivity index (χ1) is 19.4. The predicted molar refractivity (Wildman–Crippen MR) is 151 cm³/mol. The summed E-state index contributed by atoms with van der Waals surface area (Å²) in [5, 5.41) is 9.09. The number of esters is 1. The number of nitrogens with zero attached hydrogens (tertiary/aromatic N) is 2. The zero-order valence-electron chi connectivity index (χ0n) is 23.9. The molecule has 216 valence electrons. The Morgan fingerprint density at radius 3 is 2.54 bits per heavy atom. The maximum Gasteiger partial charge on any atom is 0.302 e. The van der Waals surface area contributed by atoms with Crippen LogP contribution in [0.4, 0.5) is 4.39 Å². The van der Waals surface area contributed by atoms with Crippen LogP contribution < -0.4 is 10.9 Å². The van der Waals surface area contributed by atoms with Gasteiger partial charge in [0, 0.05) is 30.9 Å². The Bertz CT molecular complexity index is 1520. The lowest BCUT2D eigenvalue weighted by atomic mass is 9.98. The fraction of sp³-hybridized carbons (Fsp3) is 0.387. The highest BCUT2D eigenvalue weighted by Crippen LogP contribution is 2.41. The molecule has 1 aliphatic rings. The van der Waals surface area contributed by atoms with Crippen LogP contribution in [0.1, 0.15) is 71.5 Å². The van der Waals surface area contributed by atoms with Gasteiger partial charge in [-0.05, 0) is 66.8 Å². The van der Waals surface area contributed by atoms with Gasteiger partial charge in [0.25, 0.3) is 11.5 Å². The third-order valence-corrected chi connectivity index (χ3v) is 7.41. The van der Waals surface area contributed by atoms with Gasteiger partial charge < -0.3 is 15.0 Å². The van der Waals surface area contributed by atoms with Crippen molar-refractivity contribution in [3.05, 3.63) is 98.2 Å². The molecule has 1 aliphatic heterocycles. The van der Waals surface area contributed by atoms with E-state index in [1.165, 1.54) is 19.1 Å². The summed E-state index contributed by atoms with van der Waals surface area (Å²) in [4.78, 5) is 52.2. The minimum atomic E-state index is -0.563. The lowest BCUT2D eigenvalue weighted by Gasteiger charge is -2.34. The first-order valence-electron chi connectivity index (χ1n) is 13.6. The number of carbonyl (C=O) groups is 3. The van der Waals surface area contributed by atoms with Gasteiger partial charge in [0.2, 0.25) is 5.91 Å². The molecule has 2 heterocycles. The molecule has 2 amide bonds. The van der Waals surface area contributed by atoms with Crippen molar-refractivity contribution in [3.63, 3.8) is 0 Å². The summed E-state index contributed by atoms with van der Waals surface area (Å²) in [5.74, 6) is -1.73. The van der Waals surface area contributed by atoms with Gasteiger partial charge in [-0.3, -0.25) is 19.2 Å². The number of hydrogen-bond acceptors (Lipinski definition) is 6. The van der Waals surface area contributed by atoms with Crippen LogP contribution in [0.2, 0.25) is 0 Å². The topological polar surface area (TPSA) is 121 Å². The highest BCUT2D eigenvalue weighted by atomic mass is 19.1. The van der Waals surface area contributed by atoms with E-state index < -0.39 is 35.9 Å². The number of rotatable bonds is 8. The van der Waals surface area contributed by atoms with Crippen molar-refractivity contribution in [1.29, 1.82) is 0 Å². The van der Waals surface area contributed by atoms with E-state index in [2.05, 4.69) is 15.5 Å². The summed E-state index contributed by atoms with van der Waals surface area (Å²) >= 11 is 0. The lowest BCUT2D eigenvalue weighted by molar-refractivity contribution is -0.150. The molecule has 2 N–H and O–H groups in total. The molecule has 2 aromatic carbocycles. The molecule has 3 atom stereocenters. The van der Waals surface area contributed by atoms with E-state index in [9.17, 15) is 23.6 Å². The van der Waals surface area contributed by atoms with Crippen LogP contribution in [0.3, 0.4) is 0 Å². The van der Waals surface area contributed by atoms with Crippen LogP contribution in [0, 0.1) is 25.6 Å². The Kier molecular flexibility index (Phi) is 9.00. The maximum atomic E-state index is 14.1. The number of aromatic amines is 1. The zero-order chi connectivity index (χ0) is 29.8.